The van der Waals surface area contributed by atoms with Crippen LogP contribution in [0.5, 0.6) is 11.5 Å². The average Bonchev–Trinajstić information content (AvgIpc) is 3.43. The molecule has 0 saturated heterocycles. The number of amides is 1. The van der Waals surface area contributed by atoms with Gasteiger partial charge in [0.05, 0.1) is 19.7 Å². The standard InChI is InChI=1S/C18H26F2N4O3/c1-3-21-18(23-11-15(25)24-13-8-9-13)22-10-12-6-5-7-14(26-4-2)16(12)27-17(19)20/h5-7,13,17H,3-4,8-11H2,1-2H3,(H,24,25)(H2,21,22,23). The van der Waals surface area contributed by atoms with Gasteiger partial charge in [0.2, 0.25) is 5.91 Å². The van der Waals surface area contributed by atoms with Crippen LogP contribution in [0, 0.1) is 0 Å². The number of alkyl halides is 2. The number of carbonyl (C=O) groups excluding carboxylic acids is 1. The van der Waals surface area contributed by atoms with Crippen LogP contribution in [0.1, 0.15) is 32.3 Å². The topological polar surface area (TPSA) is 84.0 Å². The summed E-state index contributed by atoms with van der Waals surface area (Å²) in [5.41, 5.74) is 0.459. The lowest BCUT2D eigenvalue weighted by atomic mass is 10.2. The van der Waals surface area contributed by atoms with E-state index in [1.165, 1.54) is 0 Å². The predicted molar refractivity (Wildman–Crippen MR) is 98.2 cm³/mol. The van der Waals surface area contributed by atoms with Gasteiger partial charge in [-0.2, -0.15) is 8.78 Å². The molecule has 1 aromatic carbocycles. The van der Waals surface area contributed by atoms with Crippen molar-refractivity contribution in [2.24, 2.45) is 4.99 Å². The molecule has 0 bridgehead atoms. The number of halogens is 2. The first-order valence-electron chi connectivity index (χ1n) is 9.04. The van der Waals surface area contributed by atoms with Crippen molar-refractivity contribution in [3.05, 3.63) is 23.8 Å². The van der Waals surface area contributed by atoms with Crippen LogP contribution in [0.15, 0.2) is 23.2 Å². The third-order valence-corrected chi connectivity index (χ3v) is 3.68. The minimum Gasteiger partial charge on any atom is -0.490 e. The van der Waals surface area contributed by atoms with Gasteiger partial charge in [-0.3, -0.25) is 4.79 Å². The molecule has 27 heavy (non-hydrogen) atoms. The number of nitrogens with one attached hydrogen (secondary N) is 3. The van der Waals surface area contributed by atoms with E-state index in [1.807, 2.05) is 6.92 Å². The van der Waals surface area contributed by atoms with Gasteiger partial charge < -0.3 is 25.4 Å². The first-order chi connectivity index (χ1) is 13.0. The number of benzene rings is 1. The smallest absolute Gasteiger partial charge is 0.387 e. The number of guanidine groups is 1. The van der Waals surface area contributed by atoms with E-state index in [-0.39, 0.29) is 36.5 Å². The summed E-state index contributed by atoms with van der Waals surface area (Å²) in [5.74, 6) is 0.518. The van der Waals surface area contributed by atoms with E-state index in [4.69, 9.17) is 4.74 Å². The third-order valence-electron chi connectivity index (χ3n) is 3.68. The van der Waals surface area contributed by atoms with E-state index >= 15 is 0 Å². The monoisotopic (exact) mass is 384 g/mol. The molecule has 2 rings (SSSR count). The number of aliphatic imine (C=N–C) groups is 1. The lowest BCUT2D eigenvalue weighted by molar-refractivity contribution is -0.120. The molecule has 1 aliphatic carbocycles. The third kappa shape index (κ3) is 7.28. The van der Waals surface area contributed by atoms with Gasteiger partial charge in [-0.05, 0) is 32.8 Å². The van der Waals surface area contributed by atoms with Crippen molar-refractivity contribution in [1.29, 1.82) is 0 Å². The van der Waals surface area contributed by atoms with Gasteiger partial charge in [-0.15, -0.1) is 0 Å². The molecule has 1 amide bonds. The molecular formula is C18H26F2N4O3. The molecule has 1 aromatic rings. The molecule has 9 heteroatoms. The lowest BCUT2D eigenvalue weighted by Crippen LogP contribution is -2.43. The Morgan fingerprint density at radius 1 is 1.30 bits per heavy atom. The Kier molecular flexibility index (Phi) is 8.09. The summed E-state index contributed by atoms with van der Waals surface area (Å²) in [6.07, 6.45) is 2.03. The molecule has 150 valence electrons. The quantitative estimate of drug-likeness (QED) is 0.425. The van der Waals surface area contributed by atoms with E-state index in [0.29, 0.717) is 24.7 Å². The molecule has 0 heterocycles. The van der Waals surface area contributed by atoms with Crippen LogP contribution < -0.4 is 25.4 Å². The Balaban J connectivity index is 2.06. The van der Waals surface area contributed by atoms with Crippen molar-refractivity contribution in [2.75, 3.05) is 19.7 Å². The second-order valence-corrected chi connectivity index (χ2v) is 5.95. The van der Waals surface area contributed by atoms with Crippen molar-refractivity contribution in [3.63, 3.8) is 0 Å². The molecule has 0 aliphatic heterocycles. The average molecular weight is 384 g/mol. The van der Waals surface area contributed by atoms with Crippen molar-refractivity contribution < 1.29 is 23.0 Å². The van der Waals surface area contributed by atoms with Crippen molar-refractivity contribution in [2.45, 2.75) is 45.9 Å². The number of hydrogen-bond acceptors (Lipinski definition) is 4. The van der Waals surface area contributed by atoms with E-state index in [0.717, 1.165) is 12.8 Å². The zero-order valence-electron chi connectivity index (χ0n) is 15.6. The fourth-order valence-electron chi connectivity index (χ4n) is 2.35. The number of carbonyl (C=O) groups is 1. The highest BCUT2D eigenvalue weighted by atomic mass is 19.3. The molecule has 0 unspecified atom stereocenters. The summed E-state index contributed by atoms with van der Waals surface area (Å²) in [7, 11) is 0. The zero-order valence-corrected chi connectivity index (χ0v) is 15.6. The number of para-hydroxylation sites is 1. The molecule has 1 aliphatic rings. The molecular weight excluding hydrogens is 358 g/mol. The Hall–Kier alpha value is -2.58. The first-order valence-corrected chi connectivity index (χ1v) is 9.04. The minimum absolute atomic E-state index is 0.0274. The number of ether oxygens (including phenoxy) is 2. The molecule has 1 fully saturated rings. The summed E-state index contributed by atoms with van der Waals surface area (Å²) in [6, 6.07) is 5.19. The summed E-state index contributed by atoms with van der Waals surface area (Å²) in [4.78, 5) is 16.1. The fraction of sp³-hybridized carbons (Fsp3) is 0.556. The molecule has 1 saturated carbocycles. The maximum absolute atomic E-state index is 12.8. The van der Waals surface area contributed by atoms with E-state index in [1.54, 1.807) is 25.1 Å². The molecule has 7 nitrogen and oxygen atoms in total. The Bertz CT molecular complexity index is 651. The van der Waals surface area contributed by atoms with Crippen molar-refractivity contribution in [3.8, 4) is 11.5 Å². The van der Waals surface area contributed by atoms with E-state index < -0.39 is 6.61 Å². The molecule has 0 atom stereocenters. The van der Waals surface area contributed by atoms with Crippen LogP contribution in [-0.2, 0) is 11.3 Å². The highest BCUT2D eigenvalue weighted by Gasteiger charge is 2.23. The van der Waals surface area contributed by atoms with Crippen LogP contribution in [-0.4, -0.2) is 44.2 Å². The summed E-state index contributed by atoms with van der Waals surface area (Å²) in [5, 5.41) is 8.82. The fourth-order valence-corrected chi connectivity index (χ4v) is 2.35. The lowest BCUT2D eigenvalue weighted by Gasteiger charge is -2.15. The van der Waals surface area contributed by atoms with Gasteiger partial charge in [-0.25, -0.2) is 4.99 Å². The minimum atomic E-state index is -2.97. The van der Waals surface area contributed by atoms with Gasteiger partial charge in [0.1, 0.15) is 0 Å². The summed E-state index contributed by atoms with van der Waals surface area (Å²) >= 11 is 0. The Morgan fingerprint density at radius 2 is 2.07 bits per heavy atom. The van der Waals surface area contributed by atoms with Crippen LogP contribution in [0.2, 0.25) is 0 Å². The van der Waals surface area contributed by atoms with Gasteiger partial charge in [-0.1, -0.05) is 12.1 Å². The predicted octanol–water partition coefficient (Wildman–Crippen LogP) is 2.02. The highest BCUT2D eigenvalue weighted by Crippen LogP contribution is 2.33. The summed E-state index contributed by atoms with van der Waals surface area (Å²) in [6.45, 7) is 1.78. The van der Waals surface area contributed by atoms with Crippen LogP contribution in [0.4, 0.5) is 8.78 Å². The first kappa shape index (κ1) is 20.7. The number of rotatable bonds is 10. The van der Waals surface area contributed by atoms with E-state index in [9.17, 15) is 13.6 Å². The van der Waals surface area contributed by atoms with E-state index in [2.05, 4.69) is 25.7 Å². The zero-order chi connectivity index (χ0) is 19.6. The molecule has 0 aromatic heterocycles. The summed E-state index contributed by atoms with van der Waals surface area (Å²) < 4.78 is 35.6. The van der Waals surface area contributed by atoms with Crippen molar-refractivity contribution in [1.82, 2.24) is 16.0 Å². The highest BCUT2D eigenvalue weighted by molar-refractivity contribution is 5.86. The van der Waals surface area contributed by atoms with Gasteiger partial charge in [0.15, 0.2) is 17.5 Å². The Morgan fingerprint density at radius 3 is 2.70 bits per heavy atom. The Labute approximate surface area is 157 Å². The second-order valence-electron chi connectivity index (χ2n) is 5.95. The number of hydrogen-bond donors (Lipinski definition) is 3. The van der Waals surface area contributed by atoms with Crippen LogP contribution in [0.3, 0.4) is 0 Å². The van der Waals surface area contributed by atoms with Gasteiger partial charge >= 0.3 is 6.61 Å². The number of nitrogens with zero attached hydrogens (tertiary/aromatic N) is 1. The normalized spacial score (nSPS) is 14.0. The molecule has 0 spiro atoms. The van der Waals surface area contributed by atoms with Crippen molar-refractivity contribution >= 4 is 11.9 Å². The maximum Gasteiger partial charge on any atom is 0.387 e. The van der Waals surface area contributed by atoms with Gasteiger partial charge in [0, 0.05) is 18.2 Å². The van der Waals surface area contributed by atoms with Crippen LogP contribution in [0.25, 0.3) is 0 Å². The molecule has 0 radical (unpaired) electrons. The largest absolute Gasteiger partial charge is 0.490 e. The van der Waals surface area contributed by atoms with Crippen LogP contribution >= 0.6 is 0 Å². The maximum atomic E-state index is 12.8. The SMILES string of the molecule is CCNC(=NCc1cccc(OCC)c1OC(F)F)NCC(=O)NC1CC1. The molecule has 3 N–H and O–H groups in total. The van der Waals surface area contributed by atoms with Gasteiger partial charge in [0.25, 0.3) is 0 Å². The second kappa shape index (κ2) is 10.5.